The van der Waals surface area contributed by atoms with Crippen LogP contribution in [0.4, 0.5) is 0 Å². The Balaban J connectivity index is 1.50. The van der Waals surface area contributed by atoms with Crippen molar-refractivity contribution in [1.82, 2.24) is 9.88 Å². The number of fused-ring (bicyclic) bond motifs is 2. The molecule has 4 rings (SSSR count). The molecule has 2 heterocycles. The van der Waals surface area contributed by atoms with Crippen LogP contribution in [0.2, 0.25) is 0 Å². The van der Waals surface area contributed by atoms with Gasteiger partial charge in [-0.2, -0.15) is 0 Å². The Morgan fingerprint density at radius 2 is 1.87 bits per heavy atom. The van der Waals surface area contributed by atoms with Crippen molar-refractivity contribution in [2.45, 2.75) is 39.3 Å². The van der Waals surface area contributed by atoms with Crippen molar-refractivity contribution in [3.63, 3.8) is 0 Å². The molecular weight excluding hydrogens is 380 g/mol. The third kappa shape index (κ3) is 4.03. The molecule has 1 N–H and O–H groups in total. The van der Waals surface area contributed by atoms with Crippen LogP contribution in [0.15, 0.2) is 48.7 Å². The van der Waals surface area contributed by atoms with Gasteiger partial charge in [-0.3, -0.25) is 9.59 Å². The number of para-hydroxylation sites is 1. The zero-order chi connectivity index (χ0) is 21.1. The molecule has 0 fully saturated rings. The second kappa shape index (κ2) is 8.61. The van der Waals surface area contributed by atoms with Crippen LogP contribution < -0.4 is 14.8 Å². The third-order valence-corrected chi connectivity index (χ3v) is 5.37. The van der Waals surface area contributed by atoms with Crippen molar-refractivity contribution in [2.75, 3.05) is 13.2 Å². The quantitative estimate of drug-likeness (QED) is 0.621. The summed E-state index contributed by atoms with van der Waals surface area (Å²) in [5, 5.41) is 3.93. The molecule has 3 aromatic rings. The molecule has 0 radical (unpaired) electrons. The van der Waals surface area contributed by atoms with Crippen LogP contribution in [0.3, 0.4) is 0 Å². The fourth-order valence-electron chi connectivity index (χ4n) is 3.76. The second-order valence-electron chi connectivity index (χ2n) is 7.51. The summed E-state index contributed by atoms with van der Waals surface area (Å²) in [6.45, 7) is 5.20. The molecule has 1 aromatic heterocycles. The first-order valence-electron chi connectivity index (χ1n) is 10.4. The van der Waals surface area contributed by atoms with Crippen LogP contribution in [0.5, 0.6) is 11.5 Å². The number of nitrogens with one attached hydrogen (secondary N) is 1. The summed E-state index contributed by atoms with van der Waals surface area (Å²) in [7, 11) is 0. The van der Waals surface area contributed by atoms with E-state index in [1.165, 1.54) is 0 Å². The maximum absolute atomic E-state index is 12.8. The van der Waals surface area contributed by atoms with E-state index in [9.17, 15) is 9.59 Å². The highest BCUT2D eigenvalue weighted by atomic mass is 16.5. The Bertz CT molecular complexity index is 1090. The van der Waals surface area contributed by atoms with Crippen molar-refractivity contribution in [2.24, 2.45) is 0 Å². The van der Waals surface area contributed by atoms with E-state index in [1.807, 2.05) is 60.9 Å². The van der Waals surface area contributed by atoms with Crippen molar-refractivity contribution < 1.29 is 19.1 Å². The van der Waals surface area contributed by atoms with Crippen LogP contribution in [0, 0.1) is 0 Å². The number of carbonyl (C=O) groups is 2. The van der Waals surface area contributed by atoms with Crippen LogP contribution in [0.25, 0.3) is 10.9 Å². The molecule has 0 unspecified atom stereocenters. The van der Waals surface area contributed by atoms with Crippen LogP contribution in [-0.2, 0) is 11.3 Å². The zero-order valence-electron chi connectivity index (χ0n) is 17.3. The topological polar surface area (TPSA) is 69.6 Å². The number of carbonyl (C=O) groups excluding carboxylic acids is 2. The first-order chi connectivity index (χ1) is 14.6. The fourth-order valence-corrected chi connectivity index (χ4v) is 3.76. The summed E-state index contributed by atoms with van der Waals surface area (Å²) in [6.07, 6.45) is 3.07. The minimum Gasteiger partial charge on any atom is -0.490 e. The van der Waals surface area contributed by atoms with Gasteiger partial charge in [0.05, 0.1) is 19.3 Å². The smallest absolute Gasteiger partial charge is 0.240 e. The first-order valence-corrected chi connectivity index (χ1v) is 10.4. The first kappa shape index (κ1) is 20.0. The van der Waals surface area contributed by atoms with Gasteiger partial charge >= 0.3 is 0 Å². The van der Waals surface area contributed by atoms with Gasteiger partial charge in [0.2, 0.25) is 5.91 Å². The van der Waals surface area contributed by atoms with Crippen LogP contribution in [-0.4, -0.2) is 29.5 Å². The summed E-state index contributed by atoms with van der Waals surface area (Å²) in [5.74, 6) is 1.41. The lowest BCUT2D eigenvalue weighted by atomic mass is 10.1. The molecule has 0 saturated carbocycles. The molecule has 6 nitrogen and oxygen atoms in total. The molecule has 0 aliphatic carbocycles. The predicted octanol–water partition coefficient (Wildman–Crippen LogP) is 4.27. The Morgan fingerprint density at radius 1 is 1.10 bits per heavy atom. The van der Waals surface area contributed by atoms with Crippen molar-refractivity contribution in [3.8, 4) is 11.5 Å². The number of hydrogen-bond acceptors (Lipinski definition) is 4. The Labute approximate surface area is 175 Å². The molecule has 0 spiro atoms. The van der Waals surface area contributed by atoms with E-state index >= 15 is 0 Å². The Kier molecular flexibility index (Phi) is 5.74. The lowest BCUT2D eigenvalue weighted by Crippen LogP contribution is -2.30. The summed E-state index contributed by atoms with van der Waals surface area (Å²) in [4.78, 5) is 25.1. The molecule has 1 aliphatic heterocycles. The van der Waals surface area contributed by atoms with E-state index in [-0.39, 0.29) is 24.3 Å². The van der Waals surface area contributed by atoms with Gasteiger partial charge in [0.25, 0.3) is 0 Å². The van der Waals surface area contributed by atoms with Gasteiger partial charge in [0, 0.05) is 35.5 Å². The highest BCUT2D eigenvalue weighted by Gasteiger charge is 2.18. The van der Waals surface area contributed by atoms with E-state index < -0.39 is 0 Å². The minimum absolute atomic E-state index is 0.0749. The van der Waals surface area contributed by atoms with E-state index in [0.717, 1.165) is 28.6 Å². The van der Waals surface area contributed by atoms with E-state index in [0.29, 0.717) is 30.9 Å². The molecular formula is C24H26N2O4. The monoisotopic (exact) mass is 406 g/mol. The molecule has 1 aliphatic rings. The Hall–Kier alpha value is -3.28. The maximum Gasteiger partial charge on any atom is 0.240 e. The standard InChI is InChI=1S/C24H26N2O4/c1-3-21(27)19-14-26(20-8-5-4-7-18(19)20)15-24(28)25-16(2)17-9-10-22-23(13-17)30-12-6-11-29-22/h4-5,7-10,13-14,16H,3,6,11-12,15H2,1-2H3,(H,25,28)/t16-/m1/s1. The number of benzene rings is 2. The number of ether oxygens (including phenoxy) is 2. The largest absolute Gasteiger partial charge is 0.490 e. The summed E-state index contributed by atoms with van der Waals surface area (Å²) >= 11 is 0. The van der Waals surface area contributed by atoms with Gasteiger partial charge in [-0.05, 0) is 30.7 Å². The highest BCUT2D eigenvalue weighted by Crippen LogP contribution is 2.32. The third-order valence-electron chi connectivity index (χ3n) is 5.37. The molecule has 1 atom stereocenters. The van der Waals surface area contributed by atoms with Gasteiger partial charge in [0.1, 0.15) is 6.54 Å². The summed E-state index contributed by atoms with van der Waals surface area (Å²) in [5.41, 5.74) is 2.50. The number of ketones is 1. The molecule has 6 heteroatoms. The number of nitrogens with zero attached hydrogens (tertiary/aromatic N) is 1. The average molecular weight is 406 g/mol. The summed E-state index contributed by atoms with van der Waals surface area (Å²) < 4.78 is 13.3. The fraction of sp³-hybridized carbons (Fsp3) is 0.333. The van der Waals surface area contributed by atoms with E-state index in [2.05, 4.69) is 5.32 Å². The second-order valence-corrected chi connectivity index (χ2v) is 7.51. The van der Waals surface area contributed by atoms with E-state index in [4.69, 9.17) is 9.47 Å². The van der Waals surface area contributed by atoms with Crippen molar-refractivity contribution >= 4 is 22.6 Å². The van der Waals surface area contributed by atoms with Gasteiger partial charge in [-0.15, -0.1) is 0 Å². The maximum atomic E-state index is 12.8. The molecule has 2 aromatic carbocycles. The average Bonchev–Trinajstić information content (AvgIpc) is 2.95. The SMILES string of the molecule is CCC(=O)c1cn(CC(=O)N[C@H](C)c2ccc3c(c2)OCCCO3)c2ccccc12. The van der Waals surface area contributed by atoms with Gasteiger partial charge in [0.15, 0.2) is 17.3 Å². The number of amides is 1. The minimum atomic E-state index is -0.187. The zero-order valence-corrected chi connectivity index (χ0v) is 17.3. The number of Topliss-reactive ketones (excluding diaryl/α,β-unsaturated/α-hetero) is 1. The molecule has 1 amide bonds. The van der Waals surface area contributed by atoms with Crippen LogP contribution >= 0.6 is 0 Å². The lowest BCUT2D eigenvalue weighted by Gasteiger charge is -2.17. The normalized spacial score (nSPS) is 14.2. The van der Waals surface area contributed by atoms with Gasteiger partial charge in [-0.25, -0.2) is 0 Å². The molecule has 0 bridgehead atoms. The highest BCUT2D eigenvalue weighted by molar-refractivity contribution is 6.08. The number of aromatic nitrogens is 1. The molecule has 0 saturated heterocycles. The molecule has 156 valence electrons. The lowest BCUT2D eigenvalue weighted by molar-refractivity contribution is -0.122. The van der Waals surface area contributed by atoms with Crippen LogP contribution in [0.1, 0.15) is 48.7 Å². The number of hydrogen-bond donors (Lipinski definition) is 1. The summed E-state index contributed by atoms with van der Waals surface area (Å²) in [6, 6.07) is 13.3. The van der Waals surface area contributed by atoms with E-state index in [1.54, 1.807) is 6.20 Å². The van der Waals surface area contributed by atoms with Gasteiger partial charge < -0.3 is 19.4 Å². The van der Waals surface area contributed by atoms with Crippen molar-refractivity contribution in [3.05, 3.63) is 59.8 Å². The van der Waals surface area contributed by atoms with Crippen molar-refractivity contribution in [1.29, 1.82) is 0 Å². The molecule has 30 heavy (non-hydrogen) atoms. The number of rotatable bonds is 6. The Morgan fingerprint density at radius 3 is 2.67 bits per heavy atom. The van der Waals surface area contributed by atoms with Gasteiger partial charge in [-0.1, -0.05) is 31.2 Å². The predicted molar refractivity (Wildman–Crippen MR) is 115 cm³/mol.